The zero-order valence-electron chi connectivity index (χ0n) is 17.9. The highest BCUT2D eigenvalue weighted by molar-refractivity contribution is 5.92. The highest BCUT2D eigenvalue weighted by Gasteiger charge is 2.62. The fourth-order valence-electron chi connectivity index (χ4n) is 5.23. The van der Waals surface area contributed by atoms with E-state index in [0.717, 1.165) is 0 Å². The van der Waals surface area contributed by atoms with Crippen molar-refractivity contribution >= 4 is 5.91 Å². The van der Waals surface area contributed by atoms with Crippen LogP contribution in [0.4, 0.5) is 0 Å². The van der Waals surface area contributed by atoms with Crippen molar-refractivity contribution in [2.75, 3.05) is 14.1 Å². The quantitative estimate of drug-likeness (QED) is 0.327. The van der Waals surface area contributed by atoms with Gasteiger partial charge in [-0.1, -0.05) is 13.0 Å². The minimum absolute atomic E-state index is 0.144. The Morgan fingerprint density at radius 1 is 1.13 bits per heavy atom. The van der Waals surface area contributed by atoms with E-state index in [-0.39, 0.29) is 11.6 Å². The molecule has 0 radical (unpaired) electrons. The fourth-order valence-corrected chi connectivity index (χ4v) is 5.23. The SMILES string of the molecule is CN[C@@H]1[C@H](O)[C@H](NC)[C@H]2O[C@@]3(O)[C@H](NC(=O)c4ccccn4)C[C@@H](C)C[C@H]3O[C@@H]2[C@H]1O. The van der Waals surface area contributed by atoms with Crippen LogP contribution < -0.4 is 16.0 Å². The second-order valence-corrected chi connectivity index (χ2v) is 8.85. The lowest BCUT2D eigenvalue weighted by Crippen LogP contribution is -2.78. The maximum atomic E-state index is 12.7. The summed E-state index contributed by atoms with van der Waals surface area (Å²) >= 11 is 0. The van der Waals surface area contributed by atoms with E-state index >= 15 is 0 Å². The molecule has 0 bridgehead atoms. The van der Waals surface area contributed by atoms with Crippen molar-refractivity contribution in [3.05, 3.63) is 30.1 Å². The van der Waals surface area contributed by atoms with Gasteiger partial charge in [0.25, 0.3) is 5.91 Å². The molecule has 2 saturated carbocycles. The van der Waals surface area contributed by atoms with E-state index in [4.69, 9.17) is 9.47 Å². The molecule has 31 heavy (non-hydrogen) atoms. The molecular weight excluding hydrogens is 404 g/mol. The van der Waals surface area contributed by atoms with Crippen molar-refractivity contribution in [1.29, 1.82) is 0 Å². The molecule has 1 saturated heterocycles. The Hall–Kier alpha value is -1.66. The fraction of sp³-hybridized carbons (Fsp3) is 0.714. The topological polar surface area (TPSA) is 145 Å². The number of rotatable bonds is 4. The molecule has 2 heterocycles. The van der Waals surface area contributed by atoms with Crippen LogP contribution in [0, 0.1) is 5.92 Å². The van der Waals surface area contributed by atoms with E-state index in [1.807, 2.05) is 6.92 Å². The van der Waals surface area contributed by atoms with Gasteiger partial charge in [0.1, 0.15) is 30.1 Å². The number of fused-ring (bicyclic) bond motifs is 2. The number of nitrogens with zero attached hydrogens (tertiary/aromatic N) is 1. The number of hydrogen-bond acceptors (Lipinski definition) is 9. The predicted molar refractivity (Wildman–Crippen MR) is 110 cm³/mol. The van der Waals surface area contributed by atoms with Gasteiger partial charge < -0.3 is 40.7 Å². The van der Waals surface area contributed by atoms with Crippen molar-refractivity contribution in [2.45, 2.75) is 74.2 Å². The molecule has 172 valence electrons. The highest BCUT2D eigenvalue weighted by atomic mass is 16.7. The molecule has 1 aromatic heterocycles. The van der Waals surface area contributed by atoms with Crippen molar-refractivity contribution in [3.8, 4) is 0 Å². The van der Waals surface area contributed by atoms with Gasteiger partial charge in [0.05, 0.1) is 24.2 Å². The van der Waals surface area contributed by atoms with Crippen molar-refractivity contribution in [1.82, 2.24) is 20.9 Å². The first kappa shape index (κ1) is 22.5. The molecule has 0 spiro atoms. The summed E-state index contributed by atoms with van der Waals surface area (Å²) in [6, 6.07) is 3.08. The van der Waals surface area contributed by atoms with Gasteiger partial charge >= 0.3 is 0 Å². The number of carbonyl (C=O) groups is 1. The van der Waals surface area contributed by atoms with Gasteiger partial charge in [-0.3, -0.25) is 9.78 Å². The Labute approximate surface area is 181 Å². The van der Waals surface area contributed by atoms with Crippen LogP contribution in [0.5, 0.6) is 0 Å². The standard InChI is InChI=1S/C21H32N4O6/c1-10-8-12(25-20(28)11-6-4-5-7-24-11)21(29)13(9-10)30-19-17(27)14(22-2)16(26)15(23-3)18(19)31-21/h4-7,10,12-19,22-23,26-27,29H,8-9H2,1-3H3,(H,25,28)/t10-,12-,13-,14-,15+,16+,17+,18-,19-,21+/m1/s1. The Balaban J connectivity index is 1.61. The average Bonchev–Trinajstić information content (AvgIpc) is 2.75. The smallest absolute Gasteiger partial charge is 0.270 e. The van der Waals surface area contributed by atoms with Crippen LogP contribution in [0.25, 0.3) is 0 Å². The van der Waals surface area contributed by atoms with Crippen LogP contribution in [0.15, 0.2) is 24.4 Å². The summed E-state index contributed by atoms with van der Waals surface area (Å²) in [6.45, 7) is 2.02. The number of nitrogens with one attached hydrogen (secondary N) is 3. The molecule has 10 heteroatoms. The number of aliphatic hydroxyl groups excluding tert-OH is 2. The highest BCUT2D eigenvalue weighted by Crippen LogP contribution is 2.44. The van der Waals surface area contributed by atoms with E-state index in [1.54, 1.807) is 32.3 Å². The Bertz CT molecular complexity index is 784. The molecule has 1 amide bonds. The van der Waals surface area contributed by atoms with Gasteiger partial charge in [0.15, 0.2) is 0 Å². The number of likely N-dealkylation sites (N-methyl/N-ethyl adjacent to an activating group) is 2. The molecule has 0 unspecified atom stereocenters. The molecule has 10 nitrogen and oxygen atoms in total. The minimum atomic E-state index is -1.81. The first-order valence-electron chi connectivity index (χ1n) is 10.8. The van der Waals surface area contributed by atoms with Crippen molar-refractivity contribution in [2.24, 2.45) is 5.92 Å². The number of aliphatic hydroxyl groups is 3. The lowest BCUT2D eigenvalue weighted by Gasteiger charge is -2.58. The van der Waals surface area contributed by atoms with Crippen LogP contribution in [0.3, 0.4) is 0 Å². The molecule has 2 aliphatic carbocycles. The number of hydrogen-bond donors (Lipinski definition) is 6. The van der Waals surface area contributed by atoms with Crippen LogP contribution in [-0.2, 0) is 9.47 Å². The van der Waals surface area contributed by atoms with E-state index in [0.29, 0.717) is 12.8 Å². The van der Waals surface area contributed by atoms with E-state index in [1.165, 1.54) is 6.20 Å². The maximum Gasteiger partial charge on any atom is 0.270 e. The summed E-state index contributed by atoms with van der Waals surface area (Å²) in [5.74, 6) is -2.08. The largest absolute Gasteiger partial charge is 0.390 e. The molecule has 1 aliphatic heterocycles. The summed E-state index contributed by atoms with van der Waals surface area (Å²) < 4.78 is 12.4. The minimum Gasteiger partial charge on any atom is -0.390 e. The summed E-state index contributed by atoms with van der Waals surface area (Å²) in [5, 5.41) is 42.0. The van der Waals surface area contributed by atoms with Crippen molar-refractivity contribution < 1.29 is 29.6 Å². The molecule has 1 aromatic rings. The maximum absolute atomic E-state index is 12.7. The van der Waals surface area contributed by atoms with Crippen LogP contribution in [0.2, 0.25) is 0 Å². The summed E-state index contributed by atoms with van der Waals surface area (Å²) in [5.41, 5.74) is 0.240. The van der Waals surface area contributed by atoms with E-state index in [2.05, 4.69) is 20.9 Å². The van der Waals surface area contributed by atoms with Gasteiger partial charge in [-0.15, -0.1) is 0 Å². The molecule has 10 atom stereocenters. The monoisotopic (exact) mass is 436 g/mol. The van der Waals surface area contributed by atoms with Crippen LogP contribution in [-0.4, -0.2) is 94.7 Å². The Morgan fingerprint density at radius 2 is 1.87 bits per heavy atom. The van der Waals surface area contributed by atoms with Gasteiger partial charge in [0, 0.05) is 6.20 Å². The second kappa shape index (κ2) is 8.70. The van der Waals surface area contributed by atoms with Gasteiger partial charge in [-0.2, -0.15) is 0 Å². The normalized spacial score (nSPS) is 44.8. The summed E-state index contributed by atoms with van der Waals surface area (Å²) in [6.07, 6.45) is -1.78. The third-order valence-electron chi connectivity index (χ3n) is 6.85. The van der Waals surface area contributed by atoms with Gasteiger partial charge in [-0.05, 0) is 45.0 Å². The molecule has 6 N–H and O–H groups in total. The molecule has 0 aromatic carbocycles. The Morgan fingerprint density at radius 3 is 2.52 bits per heavy atom. The van der Waals surface area contributed by atoms with Crippen molar-refractivity contribution in [3.63, 3.8) is 0 Å². The van der Waals surface area contributed by atoms with Gasteiger partial charge in [0.2, 0.25) is 5.79 Å². The summed E-state index contributed by atoms with van der Waals surface area (Å²) in [4.78, 5) is 16.8. The molecule has 3 aliphatic rings. The number of amides is 1. The average molecular weight is 437 g/mol. The third kappa shape index (κ3) is 3.86. The first-order chi connectivity index (χ1) is 14.8. The first-order valence-corrected chi connectivity index (χ1v) is 10.8. The van der Waals surface area contributed by atoms with E-state index < -0.39 is 60.3 Å². The zero-order chi connectivity index (χ0) is 22.3. The lowest BCUT2D eigenvalue weighted by atomic mass is 9.75. The molecule has 4 rings (SSSR count). The number of aromatic nitrogens is 1. The van der Waals surface area contributed by atoms with E-state index in [9.17, 15) is 20.1 Å². The Kier molecular flexibility index (Phi) is 6.32. The lowest BCUT2D eigenvalue weighted by molar-refractivity contribution is -0.392. The summed E-state index contributed by atoms with van der Waals surface area (Å²) in [7, 11) is 3.34. The predicted octanol–water partition coefficient (Wildman–Crippen LogP) is -1.64. The molecule has 3 fully saturated rings. The molecular formula is C21H32N4O6. The number of pyridine rings is 1. The van der Waals surface area contributed by atoms with Crippen LogP contribution >= 0.6 is 0 Å². The second-order valence-electron chi connectivity index (χ2n) is 8.85. The van der Waals surface area contributed by atoms with Gasteiger partial charge in [-0.25, -0.2) is 0 Å². The third-order valence-corrected chi connectivity index (χ3v) is 6.85. The zero-order valence-corrected chi connectivity index (χ0v) is 17.9. The number of carbonyl (C=O) groups excluding carboxylic acids is 1. The number of ether oxygens (including phenoxy) is 2. The van der Waals surface area contributed by atoms with Crippen LogP contribution in [0.1, 0.15) is 30.3 Å².